The van der Waals surface area contributed by atoms with Crippen LogP contribution >= 0.6 is 0 Å². The Hall–Kier alpha value is -2.29. The van der Waals surface area contributed by atoms with Crippen molar-refractivity contribution in [3.8, 4) is 17.2 Å². The Morgan fingerprint density at radius 1 is 1.00 bits per heavy atom. The van der Waals surface area contributed by atoms with Crippen molar-refractivity contribution in [3.05, 3.63) is 61.1 Å². The van der Waals surface area contributed by atoms with Crippen LogP contribution in [0, 0.1) is 0 Å². The fraction of sp³-hybridized carbons (Fsp3) is 0. The van der Waals surface area contributed by atoms with E-state index in [0.717, 1.165) is 17.2 Å². The van der Waals surface area contributed by atoms with Gasteiger partial charge >= 0.3 is 0 Å². The first-order chi connectivity index (χ1) is 7.95. The van der Waals surface area contributed by atoms with Crippen LogP contribution in [0.25, 0.3) is 17.2 Å². The molecule has 0 fully saturated rings. The van der Waals surface area contributed by atoms with Crippen LogP contribution in [0.4, 0.5) is 0 Å². The zero-order chi connectivity index (χ0) is 10.8. The standard InChI is InChI=1S/C13H11N3/c1-2-5-11(6-3-1)16-10-4-7-12(16)13-14-8-9-15-13/h1-10H,(H,14,15). The van der Waals surface area contributed by atoms with Crippen molar-refractivity contribution in [2.45, 2.75) is 0 Å². The highest BCUT2D eigenvalue weighted by molar-refractivity contribution is 5.55. The summed E-state index contributed by atoms with van der Waals surface area (Å²) in [5.41, 5.74) is 2.20. The molecule has 3 heteroatoms. The lowest BCUT2D eigenvalue weighted by Crippen LogP contribution is -1.95. The maximum atomic E-state index is 4.27. The summed E-state index contributed by atoms with van der Waals surface area (Å²) in [6.45, 7) is 0. The first kappa shape index (κ1) is 8.97. The summed E-state index contributed by atoms with van der Waals surface area (Å²) in [6, 6.07) is 14.3. The Bertz CT molecular complexity index is 564. The van der Waals surface area contributed by atoms with Crippen LogP contribution in [0.1, 0.15) is 0 Å². The molecule has 1 aromatic carbocycles. The number of para-hydroxylation sites is 1. The van der Waals surface area contributed by atoms with E-state index >= 15 is 0 Å². The maximum Gasteiger partial charge on any atom is 0.154 e. The van der Waals surface area contributed by atoms with Gasteiger partial charge in [0.05, 0.1) is 5.69 Å². The summed E-state index contributed by atoms with van der Waals surface area (Å²) >= 11 is 0. The van der Waals surface area contributed by atoms with Crippen LogP contribution in [0.3, 0.4) is 0 Å². The number of aromatic nitrogens is 3. The SMILES string of the molecule is c1ccc(-n2cccc2-c2ncc[nH]2)cc1. The van der Waals surface area contributed by atoms with Crippen LogP contribution in [0.5, 0.6) is 0 Å². The molecular formula is C13H11N3. The van der Waals surface area contributed by atoms with Crippen LogP contribution in [0.2, 0.25) is 0 Å². The minimum absolute atomic E-state index is 0.883. The van der Waals surface area contributed by atoms with E-state index in [0.29, 0.717) is 0 Å². The van der Waals surface area contributed by atoms with Gasteiger partial charge in [0.1, 0.15) is 0 Å². The molecule has 3 nitrogen and oxygen atoms in total. The summed E-state index contributed by atoms with van der Waals surface area (Å²) in [4.78, 5) is 7.39. The van der Waals surface area contributed by atoms with Gasteiger partial charge in [-0.15, -0.1) is 0 Å². The van der Waals surface area contributed by atoms with Crippen LogP contribution < -0.4 is 0 Å². The van der Waals surface area contributed by atoms with Gasteiger partial charge in [0.2, 0.25) is 0 Å². The third-order valence-electron chi connectivity index (χ3n) is 2.52. The molecule has 0 amide bonds. The predicted molar refractivity (Wildman–Crippen MR) is 63.4 cm³/mol. The van der Waals surface area contributed by atoms with Crippen molar-refractivity contribution in [2.24, 2.45) is 0 Å². The van der Waals surface area contributed by atoms with E-state index in [-0.39, 0.29) is 0 Å². The summed E-state index contributed by atoms with van der Waals surface area (Å²) in [7, 11) is 0. The van der Waals surface area contributed by atoms with Gasteiger partial charge in [0, 0.05) is 24.3 Å². The molecule has 0 unspecified atom stereocenters. The average Bonchev–Trinajstić information content (AvgIpc) is 3.01. The smallest absolute Gasteiger partial charge is 0.154 e. The van der Waals surface area contributed by atoms with Crippen molar-refractivity contribution in [1.82, 2.24) is 14.5 Å². The van der Waals surface area contributed by atoms with E-state index in [9.17, 15) is 0 Å². The minimum Gasteiger partial charge on any atom is -0.343 e. The number of nitrogens with one attached hydrogen (secondary N) is 1. The molecule has 0 aliphatic heterocycles. The van der Waals surface area contributed by atoms with Gasteiger partial charge in [-0.2, -0.15) is 0 Å². The molecule has 0 atom stereocenters. The second kappa shape index (κ2) is 3.70. The summed E-state index contributed by atoms with van der Waals surface area (Å²) in [5, 5.41) is 0. The lowest BCUT2D eigenvalue weighted by molar-refractivity contribution is 1.06. The van der Waals surface area contributed by atoms with E-state index in [1.54, 1.807) is 6.20 Å². The number of rotatable bonds is 2. The van der Waals surface area contributed by atoms with E-state index in [2.05, 4.69) is 26.7 Å². The normalized spacial score (nSPS) is 10.5. The largest absolute Gasteiger partial charge is 0.343 e. The topological polar surface area (TPSA) is 33.6 Å². The number of nitrogens with zero attached hydrogens (tertiary/aromatic N) is 2. The quantitative estimate of drug-likeness (QED) is 0.691. The molecule has 0 saturated carbocycles. The fourth-order valence-electron chi connectivity index (χ4n) is 1.79. The number of H-pyrrole nitrogens is 1. The van der Waals surface area contributed by atoms with E-state index in [4.69, 9.17) is 0 Å². The van der Waals surface area contributed by atoms with E-state index in [1.165, 1.54) is 0 Å². The van der Waals surface area contributed by atoms with Gasteiger partial charge in [-0.3, -0.25) is 0 Å². The molecule has 2 heterocycles. The Balaban J connectivity index is 2.14. The second-order valence-electron chi connectivity index (χ2n) is 3.54. The number of hydrogen-bond donors (Lipinski definition) is 1. The summed E-state index contributed by atoms with van der Waals surface area (Å²) < 4.78 is 2.11. The molecule has 3 aromatic rings. The highest BCUT2D eigenvalue weighted by Gasteiger charge is 2.06. The monoisotopic (exact) mass is 209 g/mol. The molecule has 0 aliphatic carbocycles. The van der Waals surface area contributed by atoms with Gasteiger partial charge in [-0.1, -0.05) is 18.2 Å². The summed E-state index contributed by atoms with van der Waals surface area (Å²) in [6.07, 6.45) is 5.63. The predicted octanol–water partition coefficient (Wildman–Crippen LogP) is 2.87. The Kier molecular flexibility index (Phi) is 2.07. The molecule has 0 aliphatic rings. The number of benzene rings is 1. The average molecular weight is 209 g/mol. The van der Waals surface area contributed by atoms with Crippen LogP contribution in [0.15, 0.2) is 61.1 Å². The van der Waals surface area contributed by atoms with Crippen LogP contribution in [-0.2, 0) is 0 Å². The first-order valence-corrected chi connectivity index (χ1v) is 5.18. The zero-order valence-corrected chi connectivity index (χ0v) is 8.67. The summed E-state index contributed by atoms with van der Waals surface area (Å²) in [5.74, 6) is 0.883. The molecule has 3 rings (SSSR count). The highest BCUT2D eigenvalue weighted by atomic mass is 15.0. The van der Waals surface area contributed by atoms with Gasteiger partial charge < -0.3 is 9.55 Å². The van der Waals surface area contributed by atoms with Crippen molar-refractivity contribution in [3.63, 3.8) is 0 Å². The van der Waals surface area contributed by atoms with Gasteiger partial charge in [0.25, 0.3) is 0 Å². The molecule has 1 N–H and O–H groups in total. The Labute approximate surface area is 93.4 Å². The van der Waals surface area contributed by atoms with Crippen molar-refractivity contribution in [1.29, 1.82) is 0 Å². The molecule has 2 aromatic heterocycles. The van der Waals surface area contributed by atoms with Gasteiger partial charge in [0.15, 0.2) is 5.82 Å². The van der Waals surface area contributed by atoms with E-state index in [1.807, 2.05) is 42.7 Å². The number of aromatic amines is 1. The Morgan fingerprint density at radius 2 is 1.88 bits per heavy atom. The lowest BCUT2D eigenvalue weighted by Gasteiger charge is -2.06. The van der Waals surface area contributed by atoms with E-state index < -0.39 is 0 Å². The van der Waals surface area contributed by atoms with Crippen molar-refractivity contribution >= 4 is 0 Å². The van der Waals surface area contributed by atoms with Crippen molar-refractivity contribution < 1.29 is 0 Å². The maximum absolute atomic E-state index is 4.27. The number of hydrogen-bond acceptors (Lipinski definition) is 1. The van der Waals surface area contributed by atoms with Gasteiger partial charge in [-0.05, 0) is 24.3 Å². The third kappa shape index (κ3) is 1.42. The van der Waals surface area contributed by atoms with Crippen molar-refractivity contribution in [2.75, 3.05) is 0 Å². The minimum atomic E-state index is 0.883. The molecular weight excluding hydrogens is 198 g/mol. The fourth-order valence-corrected chi connectivity index (χ4v) is 1.79. The molecule has 16 heavy (non-hydrogen) atoms. The molecule has 78 valence electrons. The van der Waals surface area contributed by atoms with Gasteiger partial charge in [-0.25, -0.2) is 4.98 Å². The van der Waals surface area contributed by atoms with Crippen LogP contribution in [-0.4, -0.2) is 14.5 Å². The second-order valence-corrected chi connectivity index (χ2v) is 3.54. The molecule has 0 bridgehead atoms. The number of imidazole rings is 1. The lowest BCUT2D eigenvalue weighted by atomic mass is 10.3. The molecule has 0 saturated heterocycles. The third-order valence-corrected chi connectivity index (χ3v) is 2.52. The highest BCUT2D eigenvalue weighted by Crippen LogP contribution is 2.20. The zero-order valence-electron chi connectivity index (χ0n) is 8.67. The molecule has 0 spiro atoms. The first-order valence-electron chi connectivity index (χ1n) is 5.18. The Morgan fingerprint density at radius 3 is 2.62 bits per heavy atom. The molecule has 0 radical (unpaired) electrons.